The summed E-state index contributed by atoms with van der Waals surface area (Å²) < 4.78 is 5.29. The van der Waals surface area contributed by atoms with Crippen LogP contribution in [0.2, 0.25) is 0 Å². The summed E-state index contributed by atoms with van der Waals surface area (Å²) in [6.45, 7) is 4.95. The van der Waals surface area contributed by atoms with Crippen molar-refractivity contribution >= 4 is 18.3 Å². The van der Waals surface area contributed by atoms with Crippen LogP contribution in [0.3, 0.4) is 0 Å². The van der Waals surface area contributed by atoms with Crippen LogP contribution in [0, 0.1) is 11.8 Å². The Labute approximate surface area is 174 Å². The predicted octanol–water partition coefficient (Wildman–Crippen LogP) is 4.43. The number of hydrogen-bond donors (Lipinski definition) is 2. The highest BCUT2D eigenvalue weighted by atomic mass is 35.5. The number of piperidine rings is 1. The van der Waals surface area contributed by atoms with Crippen molar-refractivity contribution in [2.75, 3.05) is 20.2 Å². The van der Waals surface area contributed by atoms with E-state index in [2.05, 4.69) is 47.9 Å². The van der Waals surface area contributed by atoms with Crippen molar-refractivity contribution in [3.63, 3.8) is 0 Å². The monoisotopic (exact) mass is 402 g/mol. The second-order valence-corrected chi connectivity index (χ2v) is 7.47. The second-order valence-electron chi connectivity index (χ2n) is 7.47. The molecule has 1 aliphatic rings. The Morgan fingerprint density at radius 1 is 1.14 bits per heavy atom. The molecule has 28 heavy (non-hydrogen) atoms. The minimum atomic E-state index is 0. The third-order valence-electron chi connectivity index (χ3n) is 5.54. The van der Waals surface area contributed by atoms with Gasteiger partial charge in [-0.2, -0.15) is 0 Å². The lowest BCUT2D eigenvalue weighted by molar-refractivity contribution is -0.122. The van der Waals surface area contributed by atoms with Crippen LogP contribution in [0.25, 0.3) is 11.1 Å². The predicted molar refractivity (Wildman–Crippen MR) is 117 cm³/mol. The van der Waals surface area contributed by atoms with Gasteiger partial charge in [-0.05, 0) is 66.6 Å². The second kappa shape index (κ2) is 11.1. The topological polar surface area (TPSA) is 50.4 Å². The van der Waals surface area contributed by atoms with Gasteiger partial charge in [0.2, 0.25) is 5.91 Å². The quantitative estimate of drug-likeness (QED) is 0.720. The zero-order chi connectivity index (χ0) is 19.1. The minimum Gasteiger partial charge on any atom is -0.497 e. The summed E-state index contributed by atoms with van der Waals surface area (Å²) in [4.78, 5) is 12.3. The van der Waals surface area contributed by atoms with Crippen molar-refractivity contribution < 1.29 is 9.53 Å². The number of halogens is 1. The van der Waals surface area contributed by atoms with Crippen LogP contribution in [0.1, 0.15) is 31.7 Å². The van der Waals surface area contributed by atoms with Crippen LogP contribution < -0.4 is 15.4 Å². The molecule has 1 unspecified atom stereocenters. The van der Waals surface area contributed by atoms with Crippen molar-refractivity contribution in [3.05, 3.63) is 54.1 Å². The standard InChI is InChI=1S/C23H30N2O2.ClH/c1-17(19-10-12-24-13-11-19)14-23(26)25-16-18-6-8-20(9-7-18)21-4-3-5-22(15-21)27-2;/h3-9,15,17,19,24H,10-14,16H2,1-2H3,(H,25,26);1H. The summed E-state index contributed by atoms with van der Waals surface area (Å²) in [6, 6.07) is 16.4. The summed E-state index contributed by atoms with van der Waals surface area (Å²) in [5, 5.41) is 6.46. The van der Waals surface area contributed by atoms with Gasteiger partial charge >= 0.3 is 0 Å². The Balaban J connectivity index is 0.00000280. The van der Waals surface area contributed by atoms with E-state index in [1.807, 2.05) is 18.2 Å². The maximum atomic E-state index is 12.3. The molecule has 0 aromatic heterocycles. The number of carbonyl (C=O) groups excluding carboxylic acids is 1. The van der Waals surface area contributed by atoms with Crippen LogP contribution >= 0.6 is 12.4 Å². The van der Waals surface area contributed by atoms with E-state index in [0.29, 0.717) is 24.8 Å². The molecular weight excluding hydrogens is 372 g/mol. The molecule has 0 spiro atoms. The normalized spacial score (nSPS) is 15.4. The third-order valence-corrected chi connectivity index (χ3v) is 5.54. The number of amides is 1. The van der Waals surface area contributed by atoms with Gasteiger partial charge in [0.1, 0.15) is 5.75 Å². The molecule has 1 heterocycles. The molecule has 0 radical (unpaired) electrons. The third kappa shape index (κ3) is 6.25. The number of nitrogens with one attached hydrogen (secondary N) is 2. The first-order valence-corrected chi connectivity index (χ1v) is 9.86. The lowest BCUT2D eigenvalue weighted by Gasteiger charge is -2.27. The van der Waals surface area contributed by atoms with Gasteiger partial charge in [0, 0.05) is 13.0 Å². The molecular formula is C23H31ClN2O2. The van der Waals surface area contributed by atoms with Gasteiger partial charge in [-0.3, -0.25) is 4.79 Å². The first-order valence-electron chi connectivity index (χ1n) is 9.86. The van der Waals surface area contributed by atoms with Crippen molar-refractivity contribution in [1.82, 2.24) is 10.6 Å². The van der Waals surface area contributed by atoms with Gasteiger partial charge < -0.3 is 15.4 Å². The molecule has 1 saturated heterocycles. The summed E-state index contributed by atoms with van der Waals surface area (Å²) >= 11 is 0. The molecule has 152 valence electrons. The number of hydrogen-bond acceptors (Lipinski definition) is 3. The molecule has 1 atom stereocenters. The van der Waals surface area contributed by atoms with Crippen molar-refractivity contribution in [3.8, 4) is 16.9 Å². The van der Waals surface area contributed by atoms with Crippen LogP contribution in [0.4, 0.5) is 0 Å². The number of carbonyl (C=O) groups is 1. The Bertz CT molecular complexity index is 743. The van der Waals surface area contributed by atoms with Gasteiger partial charge in [0.05, 0.1) is 7.11 Å². The fraction of sp³-hybridized carbons (Fsp3) is 0.435. The highest BCUT2D eigenvalue weighted by Crippen LogP contribution is 2.25. The Morgan fingerprint density at radius 2 is 1.86 bits per heavy atom. The average Bonchev–Trinajstić information content (AvgIpc) is 2.73. The highest BCUT2D eigenvalue weighted by molar-refractivity contribution is 5.85. The van der Waals surface area contributed by atoms with E-state index in [9.17, 15) is 4.79 Å². The molecule has 2 aromatic rings. The van der Waals surface area contributed by atoms with E-state index in [-0.39, 0.29) is 18.3 Å². The maximum absolute atomic E-state index is 12.3. The van der Waals surface area contributed by atoms with Crippen molar-refractivity contribution in [1.29, 1.82) is 0 Å². The largest absolute Gasteiger partial charge is 0.497 e. The van der Waals surface area contributed by atoms with E-state index in [1.54, 1.807) is 7.11 Å². The number of rotatable bonds is 7. The minimum absolute atomic E-state index is 0. The molecule has 5 heteroatoms. The molecule has 1 fully saturated rings. The lowest BCUT2D eigenvalue weighted by atomic mass is 9.84. The van der Waals surface area contributed by atoms with Crippen LogP contribution in [-0.2, 0) is 11.3 Å². The van der Waals surface area contributed by atoms with E-state index in [1.165, 1.54) is 12.8 Å². The number of methoxy groups -OCH3 is 1. The fourth-order valence-corrected chi connectivity index (χ4v) is 3.76. The SMILES string of the molecule is COc1cccc(-c2ccc(CNC(=O)CC(C)C3CCNCC3)cc2)c1.Cl. The van der Waals surface area contributed by atoms with Gasteiger partial charge in [-0.15, -0.1) is 12.4 Å². The first kappa shape index (κ1) is 22.3. The molecule has 2 aromatic carbocycles. The number of benzene rings is 2. The summed E-state index contributed by atoms with van der Waals surface area (Å²) in [6.07, 6.45) is 2.98. The van der Waals surface area contributed by atoms with Gasteiger partial charge in [-0.1, -0.05) is 43.3 Å². The molecule has 2 N–H and O–H groups in total. The van der Waals surface area contributed by atoms with Crippen LogP contribution in [0.5, 0.6) is 5.75 Å². The molecule has 1 amide bonds. The van der Waals surface area contributed by atoms with E-state index >= 15 is 0 Å². The van der Waals surface area contributed by atoms with Crippen LogP contribution in [-0.4, -0.2) is 26.1 Å². The van der Waals surface area contributed by atoms with E-state index < -0.39 is 0 Å². The fourth-order valence-electron chi connectivity index (χ4n) is 3.76. The molecule has 0 aliphatic carbocycles. The molecule has 0 bridgehead atoms. The molecule has 1 aliphatic heterocycles. The zero-order valence-electron chi connectivity index (χ0n) is 16.7. The Morgan fingerprint density at radius 3 is 2.54 bits per heavy atom. The smallest absolute Gasteiger partial charge is 0.220 e. The summed E-state index contributed by atoms with van der Waals surface area (Å²) in [5.41, 5.74) is 3.38. The summed E-state index contributed by atoms with van der Waals surface area (Å²) in [5.74, 6) is 2.12. The van der Waals surface area contributed by atoms with Gasteiger partial charge in [-0.25, -0.2) is 0 Å². The Kier molecular flexibility index (Phi) is 8.81. The average molecular weight is 403 g/mol. The van der Waals surface area contributed by atoms with Gasteiger partial charge in [0.15, 0.2) is 0 Å². The van der Waals surface area contributed by atoms with Gasteiger partial charge in [0.25, 0.3) is 0 Å². The number of ether oxygens (including phenoxy) is 1. The summed E-state index contributed by atoms with van der Waals surface area (Å²) in [7, 11) is 1.68. The lowest BCUT2D eigenvalue weighted by Crippen LogP contribution is -2.33. The van der Waals surface area contributed by atoms with Crippen molar-refractivity contribution in [2.45, 2.75) is 32.7 Å². The molecule has 4 nitrogen and oxygen atoms in total. The molecule has 0 saturated carbocycles. The first-order chi connectivity index (χ1) is 13.2. The van der Waals surface area contributed by atoms with Crippen LogP contribution in [0.15, 0.2) is 48.5 Å². The maximum Gasteiger partial charge on any atom is 0.220 e. The Hall–Kier alpha value is -2.04. The molecule has 3 rings (SSSR count). The van der Waals surface area contributed by atoms with E-state index in [0.717, 1.165) is 35.5 Å². The zero-order valence-corrected chi connectivity index (χ0v) is 17.6. The van der Waals surface area contributed by atoms with E-state index in [4.69, 9.17) is 4.74 Å². The highest BCUT2D eigenvalue weighted by Gasteiger charge is 2.21. The van der Waals surface area contributed by atoms with Crippen molar-refractivity contribution in [2.24, 2.45) is 11.8 Å².